The van der Waals surface area contributed by atoms with Gasteiger partial charge in [-0.25, -0.2) is 9.86 Å². The molecule has 0 aliphatic rings. The molecule has 2 rings (SSSR count). The second-order valence-corrected chi connectivity index (χ2v) is 5.51. The van der Waals surface area contributed by atoms with Crippen LogP contribution in [-0.4, -0.2) is 17.6 Å². The third-order valence-corrected chi connectivity index (χ3v) is 3.01. The third-order valence-electron chi connectivity index (χ3n) is 3.01. The summed E-state index contributed by atoms with van der Waals surface area (Å²) in [5.41, 5.74) is 1.79. The molecule has 0 aliphatic heterocycles. The Bertz CT molecular complexity index is 570. The van der Waals surface area contributed by atoms with Crippen molar-refractivity contribution in [2.45, 2.75) is 20.5 Å². The van der Waals surface area contributed by atoms with E-state index in [1.807, 2.05) is 60.7 Å². The molecular weight excluding hydrogens is 276 g/mol. The van der Waals surface area contributed by atoms with Crippen molar-refractivity contribution in [1.82, 2.24) is 5.06 Å². The molecule has 2 aromatic carbocycles. The van der Waals surface area contributed by atoms with Gasteiger partial charge >= 0.3 is 6.03 Å². The lowest BCUT2D eigenvalue weighted by Gasteiger charge is -2.24. The Morgan fingerprint density at radius 2 is 1.64 bits per heavy atom. The number of para-hydroxylation sites is 1. The summed E-state index contributed by atoms with van der Waals surface area (Å²) >= 11 is 0. The molecule has 0 bridgehead atoms. The summed E-state index contributed by atoms with van der Waals surface area (Å²) in [6, 6.07) is 18.9. The zero-order chi connectivity index (χ0) is 15.8. The second-order valence-electron chi connectivity index (χ2n) is 5.51. The number of hydroxylamine groups is 2. The summed E-state index contributed by atoms with van der Waals surface area (Å²) in [7, 11) is 0. The Kier molecular flexibility index (Phi) is 5.98. The van der Waals surface area contributed by atoms with Gasteiger partial charge in [-0.05, 0) is 23.6 Å². The first kappa shape index (κ1) is 16.0. The van der Waals surface area contributed by atoms with Crippen LogP contribution in [0.4, 0.5) is 10.5 Å². The summed E-state index contributed by atoms with van der Waals surface area (Å²) in [5, 5.41) is 4.24. The minimum atomic E-state index is -0.254. The number of carbonyl (C=O) groups is 1. The van der Waals surface area contributed by atoms with Crippen LogP contribution in [0, 0.1) is 5.92 Å². The van der Waals surface area contributed by atoms with Gasteiger partial charge in [0, 0.05) is 5.69 Å². The van der Waals surface area contributed by atoms with Crippen LogP contribution in [0.15, 0.2) is 60.7 Å². The van der Waals surface area contributed by atoms with E-state index in [0.29, 0.717) is 19.1 Å². The van der Waals surface area contributed by atoms with E-state index in [9.17, 15) is 4.79 Å². The van der Waals surface area contributed by atoms with Crippen LogP contribution in [0.1, 0.15) is 19.4 Å². The van der Waals surface area contributed by atoms with Crippen molar-refractivity contribution in [2.24, 2.45) is 5.92 Å². The maximum Gasteiger partial charge on any atom is 0.345 e. The first-order chi connectivity index (χ1) is 10.6. The molecule has 0 spiro atoms. The topological polar surface area (TPSA) is 41.6 Å². The Morgan fingerprint density at radius 1 is 1.05 bits per heavy atom. The van der Waals surface area contributed by atoms with Gasteiger partial charge in [0.2, 0.25) is 0 Å². The van der Waals surface area contributed by atoms with Gasteiger partial charge in [-0.15, -0.1) is 0 Å². The maximum atomic E-state index is 12.4. The summed E-state index contributed by atoms with van der Waals surface area (Å²) in [6.45, 7) is 5.00. The van der Waals surface area contributed by atoms with E-state index < -0.39 is 0 Å². The zero-order valence-corrected chi connectivity index (χ0v) is 13.0. The normalized spacial score (nSPS) is 10.5. The van der Waals surface area contributed by atoms with Crippen LogP contribution < -0.4 is 5.32 Å². The molecule has 2 aromatic rings. The molecule has 116 valence electrons. The number of urea groups is 1. The van der Waals surface area contributed by atoms with Crippen molar-refractivity contribution in [3.8, 4) is 0 Å². The molecule has 0 saturated carbocycles. The lowest BCUT2D eigenvalue weighted by atomic mass is 10.2. The van der Waals surface area contributed by atoms with Crippen LogP contribution in [0.5, 0.6) is 0 Å². The van der Waals surface area contributed by atoms with Crippen molar-refractivity contribution in [3.63, 3.8) is 0 Å². The fourth-order valence-corrected chi connectivity index (χ4v) is 1.96. The minimum Gasteiger partial charge on any atom is -0.306 e. The van der Waals surface area contributed by atoms with Crippen molar-refractivity contribution < 1.29 is 9.63 Å². The fourth-order valence-electron chi connectivity index (χ4n) is 1.96. The Labute approximate surface area is 131 Å². The summed E-state index contributed by atoms with van der Waals surface area (Å²) < 4.78 is 0. The quantitative estimate of drug-likeness (QED) is 0.807. The van der Waals surface area contributed by atoms with Gasteiger partial charge < -0.3 is 5.32 Å². The number of hydrogen-bond acceptors (Lipinski definition) is 2. The number of nitrogens with one attached hydrogen (secondary N) is 1. The molecule has 0 radical (unpaired) electrons. The Hall–Kier alpha value is -2.33. The highest BCUT2D eigenvalue weighted by Gasteiger charge is 2.16. The first-order valence-electron chi connectivity index (χ1n) is 7.45. The molecule has 1 N–H and O–H groups in total. The van der Waals surface area contributed by atoms with E-state index >= 15 is 0 Å². The van der Waals surface area contributed by atoms with E-state index in [0.717, 1.165) is 11.3 Å². The highest BCUT2D eigenvalue weighted by molar-refractivity contribution is 5.88. The smallest absolute Gasteiger partial charge is 0.306 e. The highest BCUT2D eigenvalue weighted by Crippen LogP contribution is 2.10. The maximum absolute atomic E-state index is 12.4. The molecular formula is C18H22N2O2. The summed E-state index contributed by atoms with van der Waals surface area (Å²) in [6.07, 6.45) is 0. The number of carbonyl (C=O) groups excluding carboxylic acids is 1. The average molecular weight is 298 g/mol. The molecule has 0 saturated heterocycles. The minimum absolute atomic E-state index is 0.254. The van der Waals surface area contributed by atoms with Gasteiger partial charge in [-0.2, -0.15) is 0 Å². The highest BCUT2D eigenvalue weighted by atomic mass is 16.7. The molecule has 0 fully saturated rings. The largest absolute Gasteiger partial charge is 0.345 e. The van der Waals surface area contributed by atoms with Crippen LogP contribution >= 0.6 is 0 Å². The van der Waals surface area contributed by atoms with Crippen LogP contribution in [-0.2, 0) is 11.4 Å². The molecule has 0 atom stereocenters. The lowest BCUT2D eigenvalue weighted by molar-refractivity contribution is -0.130. The zero-order valence-electron chi connectivity index (χ0n) is 13.0. The summed E-state index contributed by atoms with van der Waals surface area (Å²) in [5.74, 6) is 0.317. The van der Waals surface area contributed by atoms with Crippen LogP contribution in [0.25, 0.3) is 0 Å². The number of benzene rings is 2. The number of rotatable bonds is 6. The average Bonchev–Trinajstić information content (AvgIpc) is 2.53. The SMILES string of the molecule is CC(C)CN(OCc1ccccc1)C(=O)Nc1ccccc1. The molecule has 4 heteroatoms. The molecule has 0 aliphatic carbocycles. The lowest BCUT2D eigenvalue weighted by Crippen LogP contribution is -2.37. The number of anilines is 1. The molecule has 0 heterocycles. The Morgan fingerprint density at radius 3 is 2.23 bits per heavy atom. The molecule has 4 nitrogen and oxygen atoms in total. The summed E-state index contributed by atoms with van der Waals surface area (Å²) in [4.78, 5) is 18.1. The van der Waals surface area contributed by atoms with E-state index in [-0.39, 0.29) is 6.03 Å². The molecule has 2 amide bonds. The van der Waals surface area contributed by atoms with Gasteiger partial charge in [-0.3, -0.25) is 4.84 Å². The molecule has 22 heavy (non-hydrogen) atoms. The Balaban J connectivity index is 1.97. The van der Waals surface area contributed by atoms with Crippen LogP contribution in [0.2, 0.25) is 0 Å². The van der Waals surface area contributed by atoms with Crippen molar-refractivity contribution in [2.75, 3.05) is 11.9 Å². The number of amides is 2. The van der Waals surface area contributed by atoms with Gasteiger partial charge in [-0.1, -0.05) is 62.4 Å². The van der Waals surface area contributed by atoms with Crippen molar-refractivity contribution >= 4 is 11.7 Å². The van der Waals surface area contributed by atoms with Gasteiger partial charge in [0.15, 0.2) is 0 Å². The predicted molar refractivity (Wildman–Crippen MR) is 88.2 cm³/mol. The number of nitrogens with zero attached hydrogens (tertiary/aromatic N) is 1. The van der Waals surface area contributed by atoms with E-state index in [4.69, 9.17) is 4.84 Å². The van der Waals surface area contributed by atoms with Gasteiger partial charge in [0.25, 0.3) is 0 Å². The molecule has 0 unspecified atom stereocenters. The van der Waals surface area contributed by atoms with Gasteiger partial charge in [0.05, 0.1) is 6.54 Å². The molecule has 0 aromatic heterocycles. The fraction of sp³-hybridized carbons (Fsp3) is 0.278. The number of hydrogen-bond donors (Lipinski definition) is 1. The predicted octanol–water partition coefficient (Wildman–Crippen LogP) is 4.31. The van der Waals surface area contributed by atoms with E-state index in [1.165, 1.54) is 5.06 Å². The van der Waals surface area contributed by atoms with Crippen molar-refractivity contribution in [3.05, 3.63) is 66.2 Å². The van der Waals surface area contributed by atoms with Gasteiger partial charge in [0.1, 0.15) is 6.61 Å². The monoisotopic (exact) mass is 298 g/mol. The van der Waals surface area contributed by atoms with Crippen molar-refractivity contribution in [1.29, 1.82) is 0 Å². The van der Waals surface area contributed by atoms with E-state index in [1.54, 1.807) is 0 Å². The standard InChI is InChI=1S/C18H22N2O2/c1-15(2)13-20(22-14-16-9-5-3-6-10-16)18(21)19-17-11-7-4-8-12-17/h3-12,15H,13-14H2,1-2H3,(H,19,21). The van der Waals surface area contributed by atoms with Crippen LogP contribution in [0.3, 0.4) is 0 Å². The first-order valence-corrected chi connectivity index (χ1v) is 7.45. The second kappa shape index (κ2) is 8.20. The van der Waals surface area contributed by atoms with E-state index in [2.05, 4.69) is 19.2 Å². The third kappa shape index (κ3) is 5.22.